The van der Waals surface area contributed by atoms with Gasteiger partial charge in [0.25, 0.3) is 0 Å². The number of para-hydroxylation sites is 2. The highest BCUT2D eigenvalue weighted by molar-refractivity contribution is 5.58. The molecule has 0 saturated heterocycles. The molecule has 122 valence electrons. The van der Waals surface area contributed by atoms with E-state index in [2.05, 4.69) is 15.5 Å². The molecule has 1 aliphatic carbocycles. The van der Waals surface area contributed by atoms with Crippen LogP contribution in [0, 0.1) is 5.82 Å². The molecule has 2 aromatic carbocycles. The van der Waals surface area contributed by atoms with Gasteiger partial charge in [0.1, 0.15) is 17.3 Å². The van der Waals surface area contributed by atoms with E-state index >= 15 is 0 Å². The van der Waals surface area contributed by atoms with Crippen molar-refractivity contribution in [1.29, 1.82) is 0 Å². The molecule has 0 spiro atoms. The molecule has 0 unspecified atom stereocenters. The molecule has 1 fully saturated rings. The maximum Gasteiger partial charge on any atom is 0.235 e. The Labute approximate surface area is 138 Å². The number of benzene rings is 2. The smallest absolute Gasteiger partial charge is 0.235 e. The van der Waals surface area contributed by atoms with E-state index in [9.17, 15) is 4.39 Å². The van der Waals surface area contributed by atoms with Crippen molar-refractivity contribution in [3.05, 3.63) is 66.1 Å². The number of hydrogen-bond acceptors (Lipinski definition) is 5. The maximum absolute atomic E-state index is 14.2. The SMILES string of the molecule is Fc1cccc(Oc2ccccc2)c1NCc1nnc(C2CC2)o1. The highest BCUT2D eigenvalue weighted by Crippen LogP contribution is 2.39. The lowest BCUT2D eigenvalue weighted by atomic mass is 10.2. The average Bonchev–Trinajstić information content (AvgIpc) is 3.34. The molecule has 1 aliphatic rings. The minimum Gasteiger partial charge on any atom is -0.455 e. The predicted molar refractivity (Wildman–Crippen MR) is 86.5 cm³/mol. The summed E-state index contributed by atoms with van der Waals surface area (Å²) < 4.78 is 25.5. The van der Waals surface area contributed by atoms with Crippen LogP contribution < -0.4 is 10.1 Å². The fraction of sp³-hybridized carbons (Fsp3) is 0.222. The van der Waals surface area contributed by atoms with Crippen LogP contribution in [0.4, 0.5) is 10.1 Å². The van der Waals surface area contributed by atoms with Gasteiger partial charge in [0.2, 0.25) is 11.8 Å². The molecule has 1 saturated carbocycles. The zero-order valence-corrected chi connectivity index (χ0v) is 12.9. The Bertz CT molecular complexity index is 831. The number of aromatic nitrogens is 2. The zero-order valence-electron chi connectivity index (χ0n) is 12.9. The van der Waals surface area contributed by atoms with Gasteiger partial charge in [0.15, 0.2) is 5.75 Å². The Morgan fingerprint density at radius 3 is 2.71 bits per heavy atom. The molecule has 3 aromatic rings. The quantitative estimate of drug-likeness (QED) is 0.723. The van der Waals surface area contributed by atoms with Gasteiger partial charge < -0.3 is 14.5 Å². The number of rotatable bonds is 6. The van der Waals surface area contributed by atoms with Crippen LogP contribution in [-0.2, 0) is 6.54 Å². The highest BCUT2D eigenvalue weighted by atomic mass is 19.1. The Kier molecular flexibility index (Phi) is 3.86. The van der Waals surface area contributed by atoms with Crippen molar-refractivity contribution in [1.82, 2.24) is 10.2 Å². The summed E-state index contributed by atoms with van der Waals surface area (Å²) in [6.45, 7) is 0.242. The molecule has 0 atom stereocenters. The Morgan fingerprint density at radius 1 is 1.08 bits per heavy atom. The van der Waals surface area contributed by atoms with E-state index in [-0.39, 0.29) is 12.2 Å². The predicted octanol–water partition coefficient (Wildman–Crippen LogP) is 4.49. The molecular weight excluding hydrogens is 309 g/mol. The monoisotopic (exact) mass is 325 g/mol. The van der Waals surface area contributed by atoms with Crippen molar-refractivity contribution in [3.8, 4) is 11.5 Å². The maximum atomic E-state index is 14.2. The summed E-state index contributed by atoms with van der Waals surface area (Å²) in [4.78, 5) is 0. The van der Waals surface area contributed by atoms with E-state index < -0.39 is 5.82 Å². The molecule has 6 heteroatoms. The first-order valence-corrected chi connectivity index (χ1v) is 7.87. The van der Waals surface area contributed by atoms with Gasteiger partial charge in [-0.25, -0.2) is 4.39 Å². The standard InChI is InChI=1S/C18H16FN3O2/c19-14-7-4-8-15(23-13-5-2-1-3-6-13)17(14)20-11-16-21-22-18(24-16)12-9-10-12/h1-8,12,20H,9-11H2. The first-order chi connectivity index (χ1) is 11.8. The first-order valence-electron chi connectivity index (χ1n) is 7.87. The van der Waals surface area contributed by atoms with Crippen molar-refractivity contribution in [2.24, 2.45) is 0 Å². The number of ether oxygens (including phenoxy) is 1. The largest absolute Gasteiger partial charge is 0.455 e. The van der Waals surface area contributed by atoms with Gasteiger partial charge in [-0.15, -0.1) is 10.2 Å². The van der Waals surface area contributed by atoms with Crippen LogP contribution in [-0.4, -0.2) is 10.2 Å². The molecule has 0 radical (unpaired) electrons. The second-order valence-electron chi connectivity index (χ2n) is 5.69. The van der Waals surface area contributed by atoms with Gasteiger partial charge in [-0.05, 0) is 37.1 Å². The lowest BCUT2D eigenvalue weighted by Crippen LogP contribution is -2.03. The molecule has 5 nitrogen and oxygen atoms in total. The number of hydrogen-bond donors (Lipinski definition) is 1. The Hall–Kier alpha value is -2.89. The van der Waals surface area contributed by atoms with Crippen LogP contribution in [0.5, 0.6) is 11.5 Å². The van der Waals surface area contributed by atoms with E-state index in [1.54, 1.807) is 12.1 Å². The summed E-state index contributed by atoms with van der Waals surface area (Å²) in [6.07, 6.45) is 2.19. The summed E-state index contributed by atoms with van der Waals surface area (Å²) in [7, 11) is 0. The number of halogens is 1. The Morgan fingerprint density at radius 2 is 1.92 bits per heavy atom. The lowest BCUT2D eigenvalue weighted by molar-refractivity contribution is 0.454. The molecule has 1 N–H and O–H groups in total. The minimum absolute atomic E-state index is 0.242. The van der Waals surface area contributed by atoms with Gasteiger partial charge in [-0.2, -0.15) is 0 Å². The lowest BCUT2D eigenvalue weighted by Gasteiger charge is -2.12. The van der Waals surface area contributed by atoms with Crippen molar-refractivity contribution < 1.29 is 13.5 Å². The summed E-state index contributed by atoms with van der Waals surface area (Å²) >= 11 is 0. The molecule has 0 amide bonds. The molecule has 1 aromatic heterocycles. The van der Waals surface area contributed by atoms with Gasteiger partial charge in [-0.1, -0.05) is 24.3 Å². The summed E-state index contributed by atoms with van der Waals surface area (Å²) in [5, 5.41) is 11.0. The van der Waals surface area contributed by atoms with Crippen LogP contribution in [0.1, 0.15) is 30.5 Å². The number of nitrogens with zero attached hydrogens (tertiary/aromatic N) is 2. The van der Waals surface area contributed by atoms with Crippen LogP contribution in [0.25, 0.3) is 0 Å². The summed E-state index contributed by atoms with van der Waals surface area (Å²) in [5.74, 6) is 2.15. The minimum atomic E-state index is -0.398. The third-order valence-corrected chi connectivity index (χ3v) is 3.77. The van der Waals surface area contributed by atoms with Crippen LogP contribution in [0.15, 0.2) is 52.9 Å². The van der Waals surface area contributed by atoms with Crippen molar-refractivity contribution in [3.63, 3.8) is 0 Å². The van der Waals surface area contributed by atoms with E-state index in [1.165, 1.54) is 6.07 Å². The second kappa shape index (κ2) is 6.31. The van der Waals surface area contributed by atoms with E-state index in [1.807, 2.05) is 30.3 Å². The van der Waals surface area contributed by atoms with Crippen LogP contribution in [0.3, 0.4) is 0 Å². The third kappa shape index (κ3) is 3.22. The van der Waals surface area contributed by atoms with Crippen molar-refractivity contribution >= 4 is 5.69 Å². The van der Waals surface area contributed by atoms with Crippen LogP contribution in [0.2, 0.25) is 0 Å². The highest BCUT2D eigenvalue weighted by Gasteiger charge is 2.29. The van der Waals surface area contributed by atoms with Gasteiger partial charge in [0, 0.05) is 5.92 Å². The first kappa shape index (κ1) is 14.7. The van der Waals surface area contributed by atoms with Gasteiger partial charge in [0.05, 0.1) is 6.54 Å². The van der Waals surface area contributed by atoms with Crippen molar-refractivity contribution in [2.75, 3.05) is 5.32 Å². The molecule has 4 rings (SSSR count). The molecular formula is C18H16FN3O2. The fourth-order valence-electron chi connectivity index (χ4n) is 2.37. The van der Waals surface area contributed by atoms with Crippen molar-refractivity contribution in [2.45, 2.75) is 25.3 Å². The summed E-state index contributed by atoms with van der Waals surface area (Å²) in [5.41, 5.74) is 0.271. The Balaban J connectivity index is 1.50. The molecule has 0 aliphatic heterocycles. The van der Waals surface area contributed by atoms with E-state index in [0.29, 0.717) is 29.2 Å². The number of anilines is 1. The second-order valence-corrected chi connectivity index (χ2v) is 5.69. The molecule has 24 heavy (non-hydrogen) atoms. The fourth-order valence-corrected chi connectivity index (χ4v) is 2.37. The van der Waals surface area contributed by atoms with Crippen LogP contribution >= 0.6 is 0 Å². The number of nitrogens with one attached hydrogen (secondary N) is 1. The normalized spacial score (nSPS) is 13.7. The van der Waals surface area contributed by atoms with E-state index in [4.69, 9.17) is 9.15 Å². The summed E-state index contributed by atoms with van der Waals surface area (Å²) in [6, 6.07) is 13.9. The zero-order chi connectivity index (χ0) is 16.4. The van der Waals surface area contributed by atoms with Gasteiger partial charge >= 0.3 is 0 Å². The molecule has 1 heterocycles. The topological polar surface area (TPSA) is 60.2 Å². The molecule has 0 bridgehead atoms. The van der Waals surface area contributed by atoms with E-state index in [0.717, 1.165) is 12.8 Å². The average molecular weight is 325 g/mol. The third-order valence-electron chi connectivity index (χ3n) is 3.77. The van der Waals surface area contributed by atoms with Gasteiger partial charge in [-0.3, -0.25) is 0 Å².